The van der Waals surface area contributed by atoms with Crippen LogP contribution in [0.3, 0.4) is 0 Å². The Balaban J connectivity index is 0.000000874. The lowest BCUT2D eigenvalue weighted by Gasteiger charge is -2.32. The van der Waals surface area contributed by atoms with E-state index in [1.807, 2.05) is 0 Å². The maximum Gasteiger partial charge on any atom is 0.145 e. The fourth-order valence-corrected chi connectivity index (χ4v) is 11.2. The van der Waals surface area contributed by atoms with Gasteiger partial charge in [0, 0.05) is 5.56 Å². The van der Waals surface area contributed by atoms with E-state index in [-0.39, 0.29) is 0 Å². The summed E-state index contributed by atoms with van der Waals surface area (Å²) in [6.45, 7) is 11.2. The van der Waals surface area contributed by atoms with Gasteiger partial charge in [0.15, 0.2) is 0 Å². The van der Waals surface area contributed by atoms with Crippen LogP contribution in [-0.4, -0.2) is 0 Å². The molecule has 0 fully saturated rings. The van der Waals surface area contributed by atoms with Gasteiger partial charge in [-0.25, -0.2) is 18.6 Å². The van der Waals surface area contributed by atoms with Crippen LogP contribution in [0.1, 0.15) is 41.7 Å². The van der Waals surface area contributed by atoms with Crippen molar-refractivity contribution in [3.63, 3.8) is 0 Å². The zero-order chi connectivity index (χ0) is 35.2. The Kier molecular flexibility index (Phi) is 11.5. The molecule has 49 heavy (non-hydrogen) atoms. The first-order valence-electron chi connectivity index (χ1n) is 16.5. The molecule has 0 aliphatic rings. The highest BCUT2D eigenvalue weighted by molar-refractivity contribution is 8.01. The van der Waals surface area contributed by atoms with E-state index in [2.05, 4.69) is 174 Å². The minimum Gasteiger partial charge on any atom is -0.222 e. The molecule has 250 valence electrons. The molecule has 0 aliphatic carbocycles. The summed E-state index contributed by atoms with van der Waals surface area (Å²) in [6.07, 6.45) is 1.97. The normalized spacial score (nSPS) is 11.5. The molecule has 6 aromatic carbocycles. The molecule has 0 spiro atoms. The number of rotatable bonds is 8. The van der Waals surface area contributed by atoms with Crippen LogP contribution in [-0.2, 0) is 12.8 Å². The maximum atomic E-state index is 8.49. The second-order valence-electron chi connectivity index (χ2n) is 12.3. The SMILES string of the molecule is CCc1cc([P+](c2ccc(C)cc2)(c2ccc(C)cc2)c2ccc(C)cc2)c(-c2ccccc2)c(-c2ccccc2)c1CC.[O-][Cl+3]([O-])([O-])[O-]. The van der Waals surface area contributed by atoms with Crippen LogP contribution in [0.4, 0.5) is 0 Å². The molecule has 4 nitrogen and oxygen atoms in total. The Morgan fingerprint density at radius 2 is 0.816 bits per heavy atom. The molecule has 0 saturated heterocycles. The number of hydrogen-bond donors (Lipinski definition) is 0. The highest BCUT2D eigenvalue weighted by Crippen LogP contribution is 2.58. The van der Waals surface area contributed by atoms with Gasteiger partial charge in [-0.3, -0.25) is 0 Å². The van der Waals surface area contributed by atoms with Gasteiger partial charge in [0.2, 0.25) is 0 Å². The van der Waals surface area contributed by atoms with E-state index in [0.717, 1.165) is 12.8 Å². The van der Waals surface area contributed by atoms with E-state index in [1.54, 1.807) is 0 Å². The van der Waals surface area contributed by atoms with E-state index in [4.69, 9.17) is 18.6 Å². The third kappa shape index (κ3) is 8.03. The molecule has 0 amide bonds. The lowest BCUT2D eigenvalue weighted by atomic mass is 9.86. The van der Waals surface area contributed by atoms with Gasteiger partial charge in [-0.15, -0.1) is 10.2 Å². The zero-order valence-electron chi connectivity index (χ0n) is 28.7. The molecule has 0 unspecified atom stereocenters. The fourth-order valence-electron chi connectivity index (χ4n) is 6.74. The Bertz CT molecular complexity index is 1850. The maximum absolute atomic E-state index is 8.49. The zero-order valence-corrected chi connectivity index (χ0v) is 30.3. The number of benzene rings is 6. The van der Waals surface area contributed by atoms with Gasteiger partial charge in [0.05, 0.1) is 0 Å². The van der Waals surface area contributed by atoms with Crippen LogP contribution >= 0.6 is 7.26 Å². The molecular weight excluding hydrogens is 647 g/mol. The van der Waals surface area contributed by atoms with Crippen molar-refractivity contribution in [3.05, 3.63) is 167 Å². The van der Waals surface area contributed by atoms with Crippen molar-refractivity contribution in [1.82, 2.24) is 0 Å². The van der Waals surface area contributed by atoms with Gasteiger partial charge in [-0.2, -0.15) is 0 Å². The van der Waals surface area contributed by atoms with Gasteiger partial charge < -0.3 is 0 Å². The molecule has 6 rings (SSSR count). The second kappa shape index (κ2) is 15.6. The Labute approximate surface area is 293 Å². The van der Waals surface area contributed by atoms with Crippen molar-refractivity contribution in [2.45, 2.75) is 47.5 Å². The quantitative estimate of drug-likeness (QED) is 0.212. The average molecular weight is 689 g/mol. The van der Waals surface area contributed by atoms with Crippen LogP contribution in [0, 0.1) is 31.0 Å². The summed E-state index contributed by atoms with van der Waals surface area (Å²) >= 11 is 0. The lowest BCUT2D eigenvalue weighted by molar-refractivity contribution is -2.00. The van der Waals surface area contributed by atoms with Gasteiger partial charge in [-0.05, 0) is 104 Å². The van der Waals surface area contributed by atoms with Crippen molar-refractivity contribution < 1.29 is 28.9 Å². The van der Waals surface area contributed by atoms with Crippen molar-refractivity contribution in [2.24, 2.45) is 0 Å². The van der Waals surface area contributed by atoms with Crippen molar-refractivity contribution in [2.75, 3.05) is 0 Å². The summed E-state index contributed by atoms with van der Waals surface area (Å²) < 4.78 is 34.0. The highest BCUT2D eigenvalue weighted by atomic mass is 35.7. The topological polar surface area (TPSA) is 92.2 Å². The fraction of sp³-hybridized carbons (Fsp3) is 0.163. The lowest BCUT2D eigenvalue weighted by Crippen LogP contribution is -2.68. The molecule has 0 atom stereocenters. The molecule has 6 heteroatoms. The predicted octanol–water partition coefficient (Wildman–Crippen LogP) is 4.93. The van der Waals surface area contributed by atoms with Crippen LogP contribution in [0.5, 0.6) is 0 Å². The molecule has 0 N–H and O–H groups in total. The molecule has 0 aromatic heterocycles. The molecule has 0 aliphatic heterocycles. The van der Waals surface area contributed by atoms with E-state index in [0.29, 0.717) is 0 Å². The molecular formula is C43H42ClO4P. The standard InChI is InChI=1S/C43H42P.ClHO4/c1-6-34-30-41(43(36-16-12-9-13-17-36)42(40(34)7-2)35-14-10-8-11-15-35)44(37-24-18-31(3)19-25-37,38-26-20-32(4)21-27-38)39-28-22-33(5)23-29-39;2-1(3,4)5/h8-30H,6-7H2,1-5H3;(H,2,3,4,5)/q+1;/p-1. The number of halogens is 1. The summed E-state index contributed by atoms with van der Waals surface area (Å²) in [4.78, 5) is 0. The van der Waals surface area contributed by atoms with E-state index < -0.39 is 17.5 Å². The van der Waals surface area contributed by atoms with Gasteiger partial charge in [0.1, 0.15) is 28.5 Å². The smallest absolute Gasteiger partial charge is 0.145 e. The van der Waals surface area contributed by atoms with Crippen molar-refractivity contribution in [3.8, 4) is 22.3 Å². The number of aryl methyl sites for hydroxylation is 4. The third-order valence-corrected chi connectivity index (χ3v) is 13.3. The van der Waals surface area contributed by atoms with Crippen molar-refractivity contribution in [1.29, 1.82) is 0 Å². The monoisotopic (exact) mass is 688 g/mol. The Morgan fingerprint density at radius 3 is 1.14 bits per heavy atom. The van der Waals surface area contributed by atoms with E-state index in [1.165, 1.54) is 71.3 Å². The number of hydrogen-bond acceptors (Lipinski definition) is 4. The largest absolute Gasteiger partial charge is 0.222 e. The van der Waals surface area contributed by atoms with Gasteiger partial charge >= 0.3 is 0 Å². The highest BCUT2D eigenvalue weighted by Gasteiger charge is 2.50. The average Bonchev–Trinajstić information content (AvgIpc) is 3.10. The van der Waals surface area contributed by atoms with Crippen molar-refractivity contribution >= 4 is 28.5 Å². The molecule has 6 aromatic rings. The second-order valence-corrected chi connectivity index (χ2v) is 16.4. The summed E-state index contributed by atoms with van der Waals surface area (Å²) in [6, 6.07) is 53.0. The van der Waals surface area contributed by atoms with Crippen LogP contribution in [0.2, 0.25) is 0 Å². The molecule has 0 saturated carbocycles. The summed E-state index contributed by atoms with van der Waals surface area (Å²) in [7, 11) is -7.33. The summed E-state index contributed by atoms with van der Waals surface area (Å²) in [5.41, 5.74) is 12.0. The van der Waals surface area contributed by atoms with E-state index in [9.17, 15) is 0 Å². The predicted molar refractivity (Wildman–Crippen MR) is 195 cm³/mol. The molecule has 0 heterocycles. The summed E-state index contributed by atoms with van der Waals surface area (Å²) in [5, 5.41) is 5.60. The Morgan fingerprint density at radius 1 is 0.469 bits per heavy atom. The molecule has 0 radical (unpaired) electrons. The van der Waals surface area contributed by atoms with Crippen LogP contribution in [0.15, 0.2) is 140 Å². The minimum atomic E-state index is -4.94. The minimum absolute atomic E-state index is 0.985. The third-order valence-electron chi connectivity index (χ3n) is 8.99. The summed E-state index contributed by atoms with van der Waals surface area (Å²) in [5.74, 6) is 0. The van der Waals surface area contributed by atoms with Gasteiger partial charge in [0.25, 0.3) is 0 Å². The first kappa shape index (κ1) is 36.2. The van der Waals surface area contributed by atoms with Crippen LogP contribution < -0.4 is 39.9 Å². The Hall–Kier alpha value is -4.12. The first-order chi connectivity index (χ1) is 23.5. The van der Waals surface area contributed by atoms with E-state index >= 15 is 0 Å². The van der Waals surface area contributed by atoms with Gasteiger partial charge in [-0.1, -0.05) is 128 Å². The first-order valence-corrected chi connectivity index (χ1v) is 19.5. The van der Waals surface area contributed by atoms with Crippen LogP contribution in [0.25, 0.3) is 22.3 Å². The molecule has 0 bridgehead atoms.